The van der Waals surface area contributed by atoms with Crippen LogP contribution in [0, 0.1) is 18.3 Å². The van der Waals surface area contributed by atoms with Crippen molar-refractivity contribution in [3.8, 4) is 11.8 Å². The fourth-order valence-corrected chi connectivity index (χ4v) is 2.10. The summed E-state index contributed by atoms with van der Waals surface area (Å²) in [5.41, 5.74) is 3.65. The summed E-state index contributed by atoms with van der Waals surface area (Å²) >= 11 is 0. The van der Waals surface area contributed by atoms with Crippen LogP contribution in [-0.4, -0.2) is 9.55 Å². The molecule has 3 heteroatoms. The lowest BCUT2D eigenvalue weighted by molar-refractivity contribution is 1.09. The van der Waals surface area contributed by atoms with Crippen LogP contribution in [0.4, 0.5) is 0 Å². The summed E-state index contributed by atoms with van der Waals surface area (Å²) in [6, 6.07) is 14.0. The number of aromatic nitrogens is 2. The topological polar surface area (TPSA) is 41.6 Å². The van der Waals surface area contributed by atoms with Gasteiger partial charge in [0.25, 0.3) is 0 Å². The van der Waals surface area contributed by atoms with Crippen LogP contribution >= 0.6 is 0 Å². The third-order valence-electron chi connectivity index (χ3n) is 3.06. The maximum Gasteiger partial charge on any atom is 0.144 e. The number of benzene rings is 1. The minimum Gasteiger partial charge on any atom is -0.301 e. The van der Waals surface area contributed by atoms with Gasteiger partial charge in [-0.1, -0.05) is 0 Å². The van der Waals surface area contributed by atoms with E-state index >= 15 is 0 Å². The van der Waals surface area contributed by atoms with Gasteiger partial charge in [0, 0.05) is 23.5 Å². The van der Waals surface area contributed by atoms with Gasteiger partial charge in [-0.15, -0.1) is 0 Å². The molecule has 3 aromatic rings. The summed E-state index contributed by atoms with van der Waals surface area (Å²) in [5, 5.41) is 10.1. The number of fused-ring (bicyclic) bond motifs is 1. The van der Waals surface area contributed by atoms with E-state index in [1.54, 1.807) is 6.20 Å². The first-order chi connectivity index (χ1) is 8.79. The molecule has 2 aromatic heterocycles. The van der Waals surface area contributed by atoms with Gasteiger partial charge in [0.05, 0.1) is 11.6 Å². The maximum absolute atomic E-state index is 8.94. The standard InChI is InChI=1S/C15H11N3/c1-11-9-14(5-4-13(11)10-16)18-8-6-12-3-2-7-17-15(12)18/h2-9H,1H3. The number of nitriles is 1. The minimum absolute atomic E-state index is 0.711. The molecule has 0 saturated heterocycles. The Morgan fingerprint density at radius 3 is 2.89 bits per heavy atom. The Bertz CT molecular complexity index is 763. The molecule has 3 nitrogen and oxygen atoms in total. The van der Waals surface area contributed by atoms with E-state index in [1.807, 2.05) is 54.1 Å². The molecule has 0 atom stereocenters. The highest BCUT2D eigenvalue weighted by Crippen LogP contribution is 2.20. The van der Waals surface area contributed by atoms with Gasteiger partial charge in [-0.25, -0.2) is 4.98 Å². The highest BCUT2D eigenvalue weighted by molar-refractivity contribution is 5.77. The SMILES string of the molecule is Cc1cc(-n2ccc3cccnc32)ccc1C#N. The van der Waals surface area contributed by atoms with Crippen LogP contribution in [0.25, 0.3) is 16.7 Å². The Kier molecular flexibility index (Phi) is 2.35. The molecule has 1 aromatic carbocycles. The number of aryl methyl sites for hydroxylation is 1. The number of pyridine rings is 1. The quantitative estimate of drug-likeness (QED) is 0.647. The zero-order valence-electron chi connectivity index (χ0n) is 9.96. The third-order valence-corrected chi connectivity index (χ3v) is 3.06. The molecule has 0 amide bonds. The second-order valence-electron chi connectivity index (χ2n) is 4.21. The predicted octanol–water partition coefficient (Wildman–Crippen LogP) is 3.21. The van der Waals surface area contributed by atoms with E-state index in [1.165, 1.54) is 0 Å². The fourth-order valence-electron chi connectivity index (χ4n) is 2.10. The molecular weight excluding hydrogens is 222 g/mol. The lowest BCUT2D eigenvalue weighted by atomic mass is 10.1. The van der Waals surface area contributed by atoms with Gasteiger partial charge in [-0.3, -0.25) is 0 Å². The van der Waals surface area contributed by atoms with Crippen molar-refractivity contribution in [2.75, 3.05) is 0 Å². The van der Waals surface area contributed by atoms with E-state index in [9.17, 15) is 0 Å². The van der Waals surface area contributed by atoms with Gasteiger partial charge in [0.2, 0.25) is 0 Å². The van der Waals surface area contributed by atoms with E-state index < -0.39 is 0 Å². The predicted molar refractivity (Wildman–Crippen MR) is 70.5 cm³/mol. The zero-order chi connectivity index (χ0) is 12.5. The van der Waals surface area contributed by atoms with Gasteiger partial charge in [-0.2, -0.15) is 5.26 Å². The highest BCUT2D eigenvalue weighted by atomic mass is 15.0. The van der Waals surface area contributed by atoms with Crippen LogP contribution in [-0.2, 0) is 0 Å². The Balaban J connectivity index is 2.21. The third kappa shape index (κ3) is 1.56. The molecule has 0 aliphatic carbocycles. The molecule has 0 bridgehead atoms. The van der Waals surface area contributed by atoms with Crippen LogP contribution < -0.4 is 0 Å². The fraction of sp³-hybridized carbons (Fsp3) is 0.0667. The summed E-state index contributed by atoms with van der Waals surface area (Å²) in [5.74, 6) is 0. The van der Waals surface area contributed by atoms with E-state index in [0.717, 1.165) is 22.3 Å². The summed E-state index contributed by atoms with van der Waals surface area (Å²) in [7, 11) is 0. The van der Waals surface area contributed by atoms with E-state index in [4.69, 9.17) is 5.26 Å². The number of rotatable bonds is 1. The average Bonchev–Trinajstić information content (AvgIpc) is 2.82. The lowest BCUT2D eigenvalue weighted by Crippen LogP contribution is -1.95. The first-order valence-electron chi connectivity index (χ1n) is 5.73. The van der Waals surface area contributed by atoms with Crippen molar-refractivity contribution in [1.29, 1.82) is 5.26 Å². The Morgan fingerprint density at radius 2 is 2.11 bits per heavy atom. The van der Waals surface area contributed by atoms with Gasteiger partial charge >= 0.3 is 0 Å². The first-order valence-corrected chi connectivity index (χ1v) is 5.73. The Labute approximate surface area is 105 Å². The van der Waals surface area contributed by atoms with Crippen molar-refractivity contribution in [1.82, 2.24) is 9.55 Å². The van der Waals surface area contributed by atoms with Crippen molar-refractivity contribution in [2.45, 2.75) is 6.92 Å². The Morgan fingerprint density at radius 1 is 1.22 bits per heavy atom. The largest absolute Gasteiger partial charge is 0.301 e. The first kappa shape index (κ1) is 10.5. The Hall–Kier alpha value is -2.60. The van der Waals surface area contributed by atoms with Gasteiger partial charge in [0.1, 0.15) is 5.65 Å². The van der Waals surface area contributed by atoms with Crippen molar-refractivity contribution in [3.05, 3.63) is 59.9 Å². The van der Waals surface area contributed by atoms with Gasteiger partial charge in [-0.05, 0) is 48.9 Å². The highest BCUT2D eigenvalue weighted by Gasteiger charge is 2.05. The molecule has 0 aliphatic heterocycles. The van der Waals surface area contributed by atoms with Gasteiger partial charge in [0.15, 0.2) is 0 Å². The molecule has 0 N–H and O–H groups in total. The smallest absolute Gasteiger partial charge is 0.144 e. The maximum atomic E-state index is 8.94. The van der Waals surface area contributed by atoms with E-state index in [-0.39, 0.29) is 0 Å². The molecule has 0 fully saturated rings. The minimum atomic E-state index is 0.711. The molecule has 0 saturated carbocycles. The van der Waals surface area contributed by atoms with E-state index in [0.29, 0.717) is 5.56 Å². The molecule has 3 rings (SSSR count). The average molecular weight is 233 g/mol. The monoisotopic (exact) mass is 233 g/mol. The second-order valence-corrected chi connectivity index (χ2v) is 4.21. The summed E-state index contributed by atoms with van der Waals surface area (Å²) in [6.07, 6.45) is 3.79. The molecule has 0 spiro atoms. The second kappa shape index (κ2) is 4.01. The molecule has 0 radical (unpaired) electrons. The molecule has 0 aliphatic rings. The molecule has 2 heterocycles. The van der Waals surface area contributed by atoms with Crippen LogP contribution in [0.1, 0.15) is 11.1 Å². The van der Waals surface area contributed by atoms with Crippen LogP contribution in [0.2, 0.25) is 0 Å². The van der Waals surface area contributed by atoms with Crippen molar-refractivity contribution in [2.24, 2.45) is 0 Å². The number of hydrogen-bond acceptors (Lipinski definition) is 2. The van der Waals surface area contributed by atoms with Crippen LogP contribution in [0.5, 0.6) is 0 Å². The molecule has 18 heavy (non-hydrogen) atoms. The van der Waals surface area contributed by atoms with Crippen molar-refractivity contribution >= 4 is 11.0 Å². The normalized spacial score (nSPS) is 10.4. The zero-order valence-corrected chi connectivity index (χ0v) is 9.96. The van der Waals surface area contributed by atoms with E-state index in [2.05, 4.69) is 11.1 Å². The van der Waals surface area contributed by atoms with Crippen LogP contribution in [0.3, 0.4) is 0 Å². The molecular formula is C15H11N3. The summed E-state index contributed by atoms with van der Waals surface area (Å²) in [6.45, 7) is 1.95. The van der Waals surface area contributed by atoms with Crippen molar-refractivity contribution in [3.63, 3.8) is 0 Å². The summed E-state index contributed by atoms with van der Waals surface area (Å²) < 4.78 is 2.03. The van der Waals surface area contributed by atoms with Gasteiger partial charge < -0.3 is 4.57 Å². The number of hydrogen-bond donors (Lipinski definition) is 0. The lowest BCUT2D eigenvalue weighted by Gasteiger charge is -2.06. The van der Waals surface area contributed by atoms with Crippen molar-refractivity contribution < 1.29 is 0 Å². The van der Waals surface area contributed by atoms with Crippen LogP contribution in [0.15, 0.2) is 48.8 Å². The number of nitrogens with zero attached hydrogens (tertiary/aromatic N) is 3. The molecule has 86 valence electrons. The molecule has 0 unspecified atom stereocenters. The summed E-state index contributed by atoms with van der Waals surface area (Å²) in [4.78, 5) is 4.39.